The molecule has 4 fully saturated rings. The van der Waals surface area contributed by atoms with Crippen molar-refractivity contribution in [2.45, 2.75) is 84.0 Å². The molecular weight excluding hydrogens is 370 g/mol. The summed E-state index contributed by atoms with van der Waals surface area (Å²) in [5, 5.41) is 3.21. The predicted octanol–water partition coefficient (Wildman–Crippen LogP) is 5.82. The lowest BCUT2D eigenvalue weighted by Crippen LogP contribution is -2.48. The van der Waals surface area contributed by atoms with E-state index in [-0.39, 0.29) is 6.03 Å². The Hall–Kier alpha value is -1.58. The fourth-order valence-corrected chi connectivity index (χ4v) is 6.98. The maximum Gasteiger partial charge on any atom is 0.317 e. The number of nitrogens with one attached hydrogen (secondary N) is 1. The topological polar surface area (TPSA) is 45.2 Å². The predicted molar refractivity (Wildman–Crippen MR) is 122 cm³/mol. The zero-order chi connectivity index (χ0) is 20.8. The summed E-state index contributed by atoms with van der Waals surface area (Å²) in [7, 11) is 0. The van der Waals surface area contributed by atoms with Gasteiger partial charge in [-0.1, -0.05) is 25.8 Å². The molecule has 4 heteroatoms. The van der Waals surface area contributed by atoms with E-state index in [0.29, 0.717) is 5.41 Å². The first-order valence-corrected chi connectivity index (χ1v) is 12.6. The highest BCUT2D eigenvalue weighted by Gasteiger charge is 2.50. The number of hydrogen-bond donors (Lipinski definition) is 1. The Morgan fingerprint density at radius 3 is 2.47 bits per heavy atom. The lowest BCUT2D eigenvalue weighted by molar-refractivity contribution is -0.0596. The smallest absolute Gasteiger partial charge is 0.317 e. The molecule has 4 aliphatic rings. The Labute approximate surface area is 183 Å². The molecule has 1 aromatic heterocycles. The molecule has 5 rings (SSSR count). The average Bonchev–Trinajstić information content (AvgIpc) is 2.73. The van der Waals surface area contributed by atoms with Gasteiger partial charge in [0.05, 0.1) is 0 Å². The van der Waals surface area contributed by atoms with E-state index in [1.807, 2.05) is 18.5 Å². The molecule has 0 unspecified atom stereocenters. The van der Waals surface area contributed by atoms with Gasteiger partial charge in [0, 0.05) is 32.0 Å². The summed E-state index contributed by atoms with van der Waals surface area (Å²) in [6.45, 7) is 4.84. The summed E-state index contributed by atoms with van der Waals surface area (Å²) in [5.41, 5.74) is 1.80. The number of unbranched alkanes of at least 4 members (excludes halogenated alkanes) is 2. The van der Waals surface area contributed by atoms with Gasteiger partial charge in [-0.15, -0.1) is 0 Å². The van der Waals surface area contributed by atoms with Crippen LogP contribution >= 0.6 is 0 Å². The van der Waals surface area contributed by atoms with E-state index >= 15 is 0 Å². The number of rotatable bonds is 11. The highest BCUT2D eigenvalue weighted by atomic mass is 16.2. The van der Waals surface area contributed by atoms with E-state index in [9.17, 15) is 4.79 Å². The quantitative estimate of drug-likeness (QED) is 0.466. The fourth-order valence-electron chi connectivity index (χ4n) is 6.98. The van der Waals surface area contributed by atoms with Crippen LogP contribution in [0.1, 0.15) is 83.1 Å². The van der Waals surface area contributed by atoms with Gasteiger partial charge in [0.2, 0.25) is 0 Å². The lowest BCUT2D eigenvalue weighted by atomic mass is 9.49. The second kappa shape index (κ2) is 10.2. The van der Waals surface area contributed by atoms with Gasteiger partial charge in [0.25, 0.3) is 0 Å². The number of aryl methyl sites for hydroxylation is 1. The lowest BCUT2D eigenvalue weighted by Gasteiger charge is -2.57. The van der Waals surface area contributed by atoms with Gasteiger partial charge in [-0.05, 0) is 99.0 Å². The molecule has 1 heterocycles. The van der Waals surface area contributed by atoms with Crippen LogP contribution in [-0.4, -0.2) is 35.5 Å². The number of hydrogen-bond acceptors (Lipinski definition) is 2. The number of carbonyl (C=O) groups is 1. The third kappa shape index (κ3) is 5.56. The Kier molecular flexibility index (Phi) is 7.32. The Balaban J connectivity index is 1.26. The van der Waals surface area contributed by atoms with Gasteiger partial charge in [-0.25, -0.2) is 4.79 Å². The average molecular weight is 412 g/mol. The molecule has 4 bridgehead atoms. The van der Waals surface area contributed by atoms with Crippen molar-refractivity contribution >= 4 is 6.03 Å². The van der Waals surface area contributed by atoms with Crippen LogP contribution in [0, 0.1) is 23.2 Å². The zero-order valence-corrected chi connectivity index (χ0v) is 19.0. The van der Waals surface area contributed by atoms with Crippen molar-refractivity contribution in [3.05, 3.63) is 30.1 Å². The maximum absolute atomic E-state index is 13.0. The van der Waals surface area contributed by atoms with Crippen LogP contribution in [0.3, 0.4) is 0 Å². The minimum atomic E-state index is 0.155. The van der Waals surface area contributed by atoms with E-state index in [2.05, 4.69) is 28.2 Å². The number of carbonyl (C=O) groups excluding carboxylic acids is 1. The number of aromatic nitrogens is 1. The molecule has 1 aromatic rings. The number of nitrogens with zero attached hydrogens (tertiary/aromatic N) is 2. The minimum absolute atomic E-state index is 0.155. The summed E-state index contributed by atoms with van der Waals surface area (Å²) in [6, 6.07) is 4.24. The van der Waals surface area contributed by atoms with Gasteiger partial charge in [-0.3, -0.25) is 4.98 Å². The van der Waals surface area contributed by atoms with Crippen molar-refractivity contribution in [1.29, 1.82) is 0 Å². The summed E-state index contributed by atoms with van der Waals surface area (Å²) in [6.07, 6.45) is 19.2. The number of amides is 2. The molecule has 30 heavy (non-hydrogen) atoms. The highest BCUT2D eigenvalue weighted by Crippen LogP contribution is 2.61. The van der Waals surface area contributed by atoms with Crippen LogP contribution < -0.4 is 5.32 Å². The summed E-state index contributed by atoms with van der Waals surface area (Å²) in [5.74, 6) is 2.98. The highest BCUT2D eigenvalue weighted by molar-refractivity contribution is 5.74. The first kappa shape index (κ1) is 21.6. The molecule has 4 aliphatic carbocycles. The van der Waals surface area contributed by atoms with Crippen molar-refractivity contribution in [3.63, 3.8) is 0 Å². The second-order valence-electron chi connectivity index (χ2n) is 10.6. The van der Waals surface area contributed by atoms with Crippen molar-refractivity contribution in [1.82, 2.24) is 15.2 Å². The van der Waals surface area contributed by atoms with Crippen LogP contribution in [0.2, 0.25) is 0 Å². The Morgan fingerprint density at radius 2 is 1.83 bits per heavy atom. The van der Waals surface area contributed by atoms with Crippen LogP contribution in [-0.2, 0) is 6.42 Å². The van der Waals surface area contributed by atoms with Crippen molar-refractivity contribution < 1.29 is 4.79 Å². The molecule has 4 saturated carbocycles. The van der Waals surface area contributed by atoms with E-state index in [0.717, 1.165) is 56.7 Å². The first-order chi connectivity index (χ1) is 14.7. The zero-order valence-electron chi connectivity index (χ0n) is 19.0. The van der Waals surface area contributed by atoms with Crippen LogP contribution in [0.5, 0.6) is 0 Å². The number of pyridine rings is 1. The molecule has 2 amide bonds. The summed E-state index contributed by atoms with van der Waals surface area (Å²) >= 11 is 0. The largest absolute Gasteiger partial charge is 0.338 e. The second-order valence-corrected chi connectivity index (χ2v) is 10.6. The van der Waals surface area contributed by atoms with E-state index in [4.69, 9.17) is 0 Å². The van der Waals surface area contributed by atoms with Crippen molar-refractivity contribution in [3.8, 4) is 0 Å². The van der Waals surface area contributed by atoms with Crippen LogP contribution in [0.25, 0.3) is 0 Å². The third-order valence-electron chi connectivity index (χ3n) is 8.04. The Bertz CT molecular complexity index is 639. The summed E-state index contributed by atoms with van der Waals surface area (Å²) in [4.78, 5) is 19.3. The molecule has 4 nitrogen and oxygen atoms in total. The van der Waals surface area contributed by atoms with Crippen molar-refractivity contribution in [2.24, 2.45) is 23.2 Å². The van der Waals surface area contributed by atoms with Gasteiger partial charge in [0.1, 0.15) is 0 Å². The molecule has 0 saturated heterocycles. The molecule has 166 valence electrons. The monoisotopic (exact) mass is 411 g/mol. The Morgan fingerprint density at radius 1 is 1.10 bits per heavy atom. The molecule has 0 radical (unpaired) electrons. The van der Waals surface area contributed by atoms with Gasteiger partial charge < -0.3 is 10.2 Å². The van der Waals surface area contributed by atoms with Crippen LogP contribution in [0.15, 0.2) is 24.5 Å². The molecule has 0 aromatic carbocycles. The first-order valence-electron chi connectivity index (χ1n) is 12.6. The van der Waals surface area contributed by atoms with E-state index in [1.165, 1.54) is 63.4 Å². The fraction of sp³-hybridized carbons (Fsp3) is 0.769. The van der Waals surface area contributed by atoms with E-state index in [1.54, 1.807) is 0 Å². The summed E-state index contributed by atoms with van der Waals surface area (Å²) < 4.78 is 0. The van der Waals surface area contributed by atoms with Gasteiger partial charge in [0.15, 0.2) is 0 Å². The minimum Gasteiger partial charge on any atom is -0.338 e. The molecule has 0 aliphatic heterocycles. The van der Waals surface area contributed by atoms with Gasteiger partial charge in [-0.2, -0.15) is 0 Å². The third-order valence-corrected chi connectivity index (χ3v) is 8.04. The van der Waals surface area contributed by atoms with E-state index < -0.39 is 0 Å². The number of urea groups is 1. The van der Waals surface area contributed by atoms with Crippen molar-refractivity contribution in [2.75, 3.05) is 19.6 Å². The van der Waals surface area contributed by atoms with Gasteiger partial charge >= 0.3 is 6.03 Å². The van der Waals surface area contributed by atoms with Crippen LogP contribution in [0.4, 0.5) is 4.79 Å². The maximum atomic E-state index is 13.0. The molecular formula is C26H41N3O. The standard InChI is InChI=1S/C26H41N3O/c1-2-3-4-12-29(25(30)28-11-6-8-21-7-5-10-27-20-21)13-9-26-17-22-14-23(18-26)16-24(15-22)19-26/h5,7,10,20,22-24H,2-4,6,8-9,11-19H2,1H3,(H,28,30). The normalized spacial score (nSPS) is 29.2. The molecule has 0 spiro atoms. The molecule has 1 N–H and O–H groups in total. The molecule has 0 atom stereocenters. The SMILES string of the molecule is CCCCCN(CCC12CC3CC(CC(C3)C1)C2)C(=O)NCCCc1cccnc1.